The molecule has 1 atom stereocenters. The van der Waals surface area contributed by atoms with Crippen LogP contribution in [0.3, 0.4) is 0 Å². The molecular formula is C13H24F3N3O2. The van der Waals surface area contributed by atoms with E-state index in [1.807, 2.05) is 0 Å². The van der Waals surface area contributed by atoms with Gasteiger partial charge in [-0.2, -0.15) is 13.2 Å². The van der Waals surface area contributed by atoms with Crippen molar-refractivity contribution in [2.45, 2.75) is 32.5 Å². The first-order valence-corrected chi connectivity index (χ1v) is 7.00. The highest BCUT2D eigenvalue weighted by molar-refractivity contribution is 5.68. The molecule has 0 aromatic carbocycles. The number of halogens is 3. The number of hydrogen-bond acceptors (Lipinski definition) is 4. The molecule has 2 N–H and O–H groups in total. The highest BCUT2D eigenvalue weighted by Gasteiger charge is 2.40. The summed E-state index contributed by atoms with van der Waals surface area (Å²) in [5.41, 5.74) is 4.62. The molecule has 0 bridgehead atoms. The summed E-state index contributed by atoms with van der Waals surface area (Å²) in [5, 5.41) is 0. The molecule has 1 heterocycles. The van der Waals surface area contributed by atoms with Gasteiger partial charge in [0.05, 0.1) is 5.92 Å². The maximum absolute atomic E-state index is 12.7. The Labute approximate surface area is 123 Å². The molecule has 0 aromatic heterocycles. The molecule has 8 heteroatoms. The maximum Gasteiger partial charge on any atom is 0.410 e. The SMILES string of the molecule is CC(C)(C)OC(=O)N1CCN(CC(CN)C(F)(F)F)CC1. The zero-order chi connectivity index (χ0) is 16.3. The van der Waals surface area contributed by atoms with E-state index in [1.165, 1.54) is 4.90 Å². The van der Waals surface area contributed by atoms with E-state index in [-0.39, 0.29) is 6.54 Å². The van der Waals surface area contributed by atoms with Gasteiger partial charge in [-0.25, -0.2) is 4.79 Å². The summed E-state index contributed by atoms with van der Waals surface area (Å²) in [5.74, 6) is -1.52. The summed E-state index contributed by atoms with van der Waals surface area (Å²) in [7, 11) is 0. The average Bonchev–Trinajstić information content (AvgIpc) is 2.33. The monoisotopic (exact) mass is 311 g/mol. The van der Waals surface area contributed by atoms with E-state index in [0.717, 1.165) is 0 Å². The Bertz CT molecular complexity index is 348. The number of rotatable bonds is 3. The van der Waals surface area contributed by atoms with E-state index < -0.39 is 30.3 Å². The number of carbonyl (C=O) groups is 1. The average molecular weight is 311 g/mol. The third-order valence-corrected chi connectivity index (χ3v) is 3.25. The Morgan fingerprint density at radius 2 is 1.71 bits per heavy atom. The topological polar surface area (TPSA) is 58.8 Å². The zero-order valence-corrected chi connectivity index (χ0v) is 12.7. The minimum atomic E-state index is -4.28. The Hall–Kier alpha value is -1.02. The van der Waals surface area contributed by atoms with Gasteiger partial charge >= 0.3 is 12.3 Å². The predicted octanol–water partition coefficient (Wildman–Crippen LogP) is 1.68. The summed E-state index contributed by atoms with van der Waals surface area (Å²) in [6, 6.07) is 0. The highest BCUT2D eigenvalue weighted by Crippen LogP contribution is 2.26. The fourth-order valence-corrected chi connectivity index (χ4v) is 2.06. The van der Waals surface area contributed by atoms with Crippen LogP contribution in [0, 0.1) is 5.92 Å². The van der Waals surface area contributed by atoms with Gasteiger partial charge in [0.25, 0.3) is 0 Å². The molecule has 124 valence electrons. The van der Waals surface area contributed by atoms with Crippen LogP contribution in [-0.2, 0) is 4.74 Å². The van der Waals surface area contributed by atoms with Crippen molar-refractivity contribution in [3.63, 3.8) is 0 Å². The number of nitrogens with two attached hydrogens (primary N) is 1. The number of ether oxygens (including phenoxy) is 1. The van der Waals surface area contributed by atoms with Crippen molar-refractivity contribution in [3.8, 4) is 0 Å². The summed E-state index contributed by atoms with van der Waals surface area (Å²) in [6.07, 6.45) is -4.70. The van der Waals surface area contributed by atoms with Crippen molar-refractivity contribution in [3.05, 3.63) is 0 Å². The van der Waals surface area contributed by atoms with E-state index in [2.05, 4.69) is 0 Å². The second kappa shape index (κ2) is 6.83. The maximum atomic E-state index is 12.7. The second-order valence-corrected chi connectivity index (χ2v) is 6.24. The molecule has 5 nitrogen and oxygen atoms in total. The molecule has 1 unspecified atom stereocenters. The minimum Gasteiger partial charge on any atom is -0.444 e. The Balaban J connectivity index is 2.44. The number of piperazine rings is 1. The molecule has 1 amide bonds. The molecule has 0 spiro atoms. The predicted molar refractivity (Wildman–Crippen MR) is 72.8 cm³/mol. The fourth-order valence-electron chi connectivity index (χ4n) is 2.06. The summed E-state index contributed by atoms with van der Waals surface area (Å²) in [4.78, 5) is 15.1. The lowest BCUT2D eigenvalue weighted by Crippen LogP contribution is -2.52. The van der Waals surface area contributed by atoms with Crippen LogP contribution >= 0.6 is 0 Å². The standard InChI is InChI=1S/C13H24F3N3O2/c1-12(2,3)21-11(20)19-6-4-18(5-7-19)9-10(8-17)13(14,15)16/h10H,4-9,17H2,1-3H3. The van der Waals surface area contributed by atoms with Crippen molar-refractivity contribution in [1.29, 1.82) is 0 Å². The molecule has 1 fully saturated rings. The van der Waals surface area contributed by atoms with Crippen LogP contribution in [0.15, 0.2) is 0 Å². The molecule has 1 saturated heterocycles. The molecule has 1 rings (SSSR count). The number of alkyl halides is 3. The van der Waals surface area contributed by atoms with E-state index >= 15 is 0 Å². The largest absolute Gasteiger partial charge is 0.444 e. The molecule has 1 aliphatic rings. The van der Waals surface area contributed by atoms with Gasteiger partial charge in [-0.05, 0) is 20.8 Å². The zero-order valence-electron chi connectivity index (χ0n) is 12.7. The van der Waals surface area contributed by atoms with Crippen LogP contribution in [0.5, 0.6) is 0 Å². The summed E-state index contributed by atoms with van der Waals surface area (Å²) < 4.78 is 43.3. The molecule has 0 saturated carbocycles. The first kappa shape index (κ1) is 18.0. The van der Waals surface area contributed by atoms with Crippen molar-refractivity contribution in [1.82, 2.24) is 9.80 Å². The lowest BCUT2D eigenvalue weighted by atomic mass is 10.1. The smallest absolute Gasteiger partial charge is 0.410 e. The number of hydrogen-bond donors (Lipinski definition) is 1. The van der Waals surface area contributed by atoms with E-state index in [0.29, 0.717) is 26.2 Å². The van der Waals surface area contributed by atoms with Gasteiger partial charge < -0.3 is 15.4 Å². The van der Waals surface area contributed by atoms with Crippen LogP contribution < -0.4 is 5.73 Å². The fraction of sp³-hybridized carbons (Fsp3) is 0.923. The van der Waals surface area contributed by atoms with E-state index in [1.54, 1.807) is 25.7 Å². The van der Waals surface area contributed by atoms with Gasteiger partial charge in [0, 0.05) is 39.3 Å². The number of amides is 1. The van der Waals surface area contributed by atoms with Crippen LogP contribution in [-0.4, -0.2) is 66.9 Å². The van der Waals surface area contributed by atoms with Gasteiger partial charge in [0.2, 0.25) is 0 Å². The van der Waals surface area contributed by atoms with E-state index in [9.17, 15) is 18.0 Å². The van der Waals surface area contributed by atoms with Crippen LogP contribution in [0.1, 0.15) is 20.8 Å². The molecule has 21 heavy (non-hydrogen) atoms. The number of carbonyl (C=O) groups excluding carboxylic acids is 1. The van der Waals surface area contributed by atoms with Gasteiger partial charge in [-0.1, -0.05) is 0 Å². The van der Waals surface area contributed by atoms with Crippen LogP contribution in [0.4, 0.5) is 18.0 Å². The minimum absolute atomic E-state index is 0.123. The summed E-state index contributed by atoms with van der Waals surface area (Å²) >= 11 is 0. The van der Waals surface area contributed by atoms with Crippen molar-refractivity contribution >= 4 is 6.09 Å². The lowest BCUT2D eigenvalue weighted by molar-refractivity contribution is -0.177. The highest BCUT2D eigenvalue weighted by atomic mass is 19.4. The Morgan fingerprint density at radius 1 is 1.19 bits per heavy atom. The molecule has 0 aliphatic carbocycles. The number of nitrogens with zero attached hydrogens (tertiary/aromatic N) is 2. The molecule has 0 radical (unpaired) electrons. The van der Waals surface area contributed by atoms with Crippen LogP contribution in [0.25, 0.3) is 0 Å². The first-order chi connectivity index (χ1) is 9.53. The summed E-state index contributed by atoms with van der Waals surface area (Å²) in [6.45, 7) is 6.30. The first-order valence-electron chi connectivity index (χ1n) is 7.00. The molecule has 1 aliphatic heterocycles. The van der Waals surface area contributed by atoms with Crippen molar-refractivity contribution < 1.29 is 22.7 Å². The van der Waals surface area contributed by atoms with Crippen LogP contribution in [0.2, 0.25) is 0 Å². The van der Waals surface area contributed by atoms with Crippen molar-refractivity contribution in [2.75, 3.05) is 39.3 Å². The van der Waals surface area contributed by atoms with Gasteiger partial charge in [0.1, 0.15) is 5.60 Å². The van der Waals surface area contributed by atoms with Crippen molar-refractivity contribution in [2.24, 2.45) is 11.7 Å². The van der Waals surface area contributed by atoms with E-state index in [4.69, 9.17) is 10.5 Å². The normalized spacial score (nSPS) is 19.5. The van der Waals surface area contributed by atoms with Gasteiger partial charge in [-0.15, -0.1) is 0 Å². The van der Waals surface area contributed by atoms with Gasteiger partial charge in [-0.3, -0.25) is 4.90 Å². The second-order valence-electron chi connectivity index (χ2n) is 6.24. The van der Waals surface area contributed by atoms with Gasteiger partial charge in [0.15, 0.2) is 0 Å². The third kappa shape index (κ3) is 6.09. The Morgan fingerprint density at radius 3 is 2.10 bits per heavy atom. The molecule has 0 aromatic rings. The molecular weight excluding hydrogens is 287 g/mol. The lowest BCUT2D eigenvalue weighted by Gasteiger charge is -2.37. The quantitative estimate of drug-likeness (QED) is 0.861. The third-order valence-electron chi connectivity index (χ3n) is 3.25. The Kier molecular flexibility index (Phi) is 5.86.